The van der Waals surface area contributed by atoms with E-state index in [1.807, 2.05) is 0 Å². The van der Waals surface area contributed by atoms with Crippen molar-refractivity contribution in [3.05, 3.63) is 22.2 Å². The Labute approximate surface area is 81.2 Å². The zero-order valence-electron chi connectivity index (χ0n) is 7.28. The van der Waals surface area contributed by atoms with Crippen molar-refractivity contribution in [1.82, 2.24) is 9.97 Å². The summed E-state index contributed by atoms with van der Waals surface area (Å²) in [7, 11) is 3.51. The minimum Gasteiger partial charge on any atom is -1.00 e. The summed E-state index contributed by atoms with van der Waals surface area (Å²) in [6.45, 7) is 0. The smallest absolute Gasteiger partial charge is 0.267 e. The minimum absolute atomic E-state index is 0. The molecule has 0 amide bonds. The van der Waals surface area contributed by atoms with E-state index in [1.165, 1.54) is 6.21 Å². The van der Waals surface area contributed by atoms with Gasteiger partial charge in [-0.25, -0.2) is 9.56 Å². The predicted octanol–water partition coefficient (Wildman–Crippen LogP) is -3.83. The molecule has 0 spiro atoms. The van der Waals surface area contributed by atoms with Gasteiger partial charge in [0.2, 0.25) is 5.88 Å². The molecule has 0 aromatic carbocycles. The summed E-state index contributed by atoms with van der Waals surface area (Å²) in [5.74, 6) is -0.257. The average molecular weight is 204 g/mol. The van der Waals surface area contributed by atoms with E-state index in [0.717, 1.165) is 6.33 Å². The highest BCUT2D eigenvalue weighted by Crippen LogP contribution is 2.01. The van der Waals surface area contributed by atoms with Gasteiger partial charge in [0.25, 0.3) is 5.56 Å². The maximum atomic E-state index is 11.1. The van der Waals surface area contributed by atoms with Crippen molar-refractivity contribution < 1.29 is 22.1 Å². The van der Waals surface area contributed by atoms with Gasteiger partial charge in [-0.05, 0) is 0 Å². The van der Waals surface area contributed by atoms with Gasteiger partial charge in [0.15, 0.2) is 11.8 Å². The second-order valence-corrected chi connectivity index (χ2v) is 2.56. The Morgan fingerprint density at radius 2 is 2.23 bits per heavy atom. The molecule has 13 heavy (non-hydrogen) atoms. The highest BCUT2D eigenvalue weighted by Gasteiger charge is 2.06. The molecule has 0 radical (unpaired) electrons. The van der Waals surface area contributed by atoms with Crippen molar-refractivity contribution in [1.29, 1.82) is 0 Å². The van der Waals surface area contributed by atoms with Crippen molar-refractivity contribution in [2.75, 3.05) is 14.1 Å². The number of nitrogens with one attached hydrogen (secondary N) is 1. The third-order valence-corrected chi connectivity index (χ3v) is 1.26. The van der Waals surface area contributed by atoms with Gasteiger partial charge < -0.3 is 22.5 Å². The fourth-order valence-corrected chi connectivity index (χ4v) is 0.775. The summed E-state index contributed by atoms with van der Waals surface area (Å²) >= 11 is 0. The van der Waals surface area contributed by atoms with Crippen molar-refractivity contribution >= 4 is 6.21 Å². The molecule has 2 N–H and O–H groups in total. The molecule has 1 heterocycles. The van der Waals surface area contributed by atoms with E-state index in [0.29, 0.717) is 0 Å². The SMILES string of the molecule is C[N+](C)=Cc1c(O)nc[nH]c1=O.[Cl-]. The predicted molar refractivity (Wildman–Crippen MR) is 43.8 cm³/mol. The zero-order chi connectivity index (χ0) is 9.14. The Bertz CT molecular complexity index is 368. The molecule has 5 nitrogen and oxygen atoms in total. The van der Waals surface area contributed by atoms with Crippen LogP contribution >= 0.6 is 0 Å². The number of aromatic nitrogens is 2. The lowest BCUT2D eigenvalue weighted by Crippen LogP contribution is -3.00. The van der Waals surface area contributed by atoms with Crippen LogP contribution < -0.4 is 18.0 Å². The highest BCUT2D eigenvalue weighted by molar-refractivity contribution is 5.77. The topological polar surface area (TPSA) is 69.0 Å². The zero-order valence-corrected chi connectivity index (χ0v) is 8.04. The van der Waals surface area contributed by atoms with E-state index in [4.69, 9.17) is 5.11 Å². The first-order valence-electron chi connectivity index (χ1n) is 3.39. The minimum atomic E-state index is -0.351. The van der Waals surface area contributed by atoms with E-state index in [2.05, 4.69) is 9.97 Å². The number of H-pyrrole nitrogens is 1. The van der Waals surface area contributed by atoms with Crippen molar-refractivity contribution in [3.8, 4) is 5.88 Å². The van der Waals surface area contributed by atoms with Crippen LogP contribution in [-0.2, 0) is 0 Å². The molecule has 0 unspecified atom stereocenters. The second kappa shape index (κ2) is 4.61. The van der Waals surface area contributed by atoms with Gasteiger partial charge in [-0.1, -0.05) is 0 Å². The molecule has 0 aliphatic carbocycles. The van der Waals surface area contributed by atoms with Crippen LogP contribution in [0, 0.1) is 0 Å². The van der Waals surface area contributed by atoms with Crippen LogP contribution in [0.2, 0.25) is 0 Å². The van der Waals surface area contributed by atoms with E-state index in [1.54, 1.807) is 18.7 Å². The van der Waals surface area contributed by atoms with Crippen LogP contribution in [0.15, 0.2) is 11.1 Å². The molecule has 0 aliphatic heterocycles. The molecule has 0 saturated heterocycles. The lowest BCUT2D eigenvalue weighted by molar-refractivity contribution is -0.458. The van der Waals surface area contributed by atoms with E-state index >= 15 is 0 Å². The van der Waals surface area contributed by atoms with Gasteiger partial charge in [0, 0.05) is 0 Å². The molecule has 0 atom stereocenters. The quantitative estimate of drug-likeness (QED) is 0.363. The van der Waals surface area contributed by atoms with Gasteiger partial charge in [0.1, 0.15) is 14.1 Å². The number of aromatic amines is 1. The van der Waals surface area contributed by atoms with E-state index < -0.39 is 0 Å². The maximum Gasteiger partial charge on any atom is 0.267 e. The fourth-order valence-electron chi connectivity index (χ4n) is 0.775. The number of nitrogens with zero attached hydrogens (tertiary/aromatic N) is 2. The standard InChI is InChI=1S/C7H9N3O2.ClH/c1-10(2)3-5-6(11)8-4-9-7(5)12;/h3-4H,1-2H3,(H,8,9,11,12);1H. The number of aromatic hydroxyl groups is 1. The fraction of sp³-hybridized carbons (Fsp3) is 0.286. The summed E-state index contributed by atoms with van der Waals surface area (Å²) in [4.78, 5) is 17.0. The highest BCUT2D eigenvalue weighted by atomic mass is 35.5. The Balaban J connectivity index is 0.00000144. The van der Waals surface area contributed by atoms with Crippen LogP contribution in [0.3, 0.4) is 0 Å². The summed E-state index contributed by atoms with van der Waals surface area (Å²) in [5.41, 5.74) is -0.182. The molecule has 1 rings (SSSR count). The molecule has 0 aliphatic rings. The van der Waals surface area contributed by atoms with Crippen molar-refractivity contribution in [3.63, 3.8) is 0 Å². The third-order valence-electron chi connectivity index (χ3n) is 1.26. The van der Waals surface area contributed by atoms with Gasteiger partial charge in [-0.15, -0.1) is 0 Å². The molecular formula is C7H10ClN3O2. The summed E-state index contributed by atoms with van der Waals surface area (Å²) in [6, 6.07) is 0. The average Bonchev–Trinajstić information content (AvgIpc) is 1.97. The van der Waals surface area contributed by atoms with Gasteiger partial charge in [-0.2, -0.15) is 0 Å². The summed E-state index contributed by atoms with van der Waals surface area (Å²) in [6.07, 6.45) is 2.66. The van der Waals surface area contributed by atoms with Crippen LogP contribution in [-0.4, -0.2) is 40.0 Å². The van der Waals surface area contributed by atoms with Gasteiger partial charge >= 0.3 is 0 Å². The normalized spacial score (nSPS) is 8.77. The summed E-state index contributed by atoms with van der Waals surface area (Å²) < 4.78 is 1.66. The summed E-state index contributed by atoms with van der Waals surface area (Å²) in [5, 5.41) is 9.15. The van der Waals surface area contributed by atoms with Gasteiger partial charge in [-0.3, -0.25) is 4.79 Å². The van der Waals surface area contributed by atoms with Gasteiger partial charge in [0.05, 0.1) is 6.33 Å². The number of hydrogen-bond acceptors (Lipinski definition) is 3. The second-order valence-electron chi connectivity index (χ2n) is 2.56. The Hall–Kier alpha value is -1.36. The Morgan fingerprint density at radius 1 is 1.62 bits per heavy atom. The van der Waals surface area contributed by atoms with Crippen molar-refractivity contribution in [2.45, 2.75) is 0 Å². The largest absolute Gasteiger partial charge is 1.00 e. The maximum absolute atomic E-state index is 11.1. The Morgan fingerprint density at radius 3 is 2.69 bits per heavy atom. The molecular weight excluding hydrogens is 194 g/mol. The number of rotatable bonds is 1. The number of halogens is 1. The lowest BCUT2D eigenvalue weighted by atomic mass is 10.3. The first kappa shape index (κ1) is 11.6. The monoisotopic (exact) mass is 203 g/mol. The van der Waals surface area contributed by atoms with Crippen LogP contribution in [0.1, 0.15) is 5.56 Å². The molecule has 0 saturated carbocycles. The van der Waals surface area contributed by atoms with Crippen LogP contribution in [0.4, 0.5) is 0 Å². The van der Waals surface area contributed by atoms with Crippen LogP contribution in [0.25, 0.3) is 0 Å². The first-order chi connectivity index (χ1) is 5.61. The van der Waals surface area contributed by atoms with E-state index in [9.17, 15) is 4.79 Å². The molecule has 72 valence electrons. The van der Waals surface area contributed by atoms with E-state index in [-0.39, 0.29) is 29.4 Å². The molecule has 0 bridgehead atoms. The third kappa shape index (κ3) is 2.87. The van der Waals surface area contributed by atoms with Crippen LogP contribution in [0.5, 0.6) is 5.88 Å². The first-order valence-corrected chi connectivity index (χ1v) is 3.39. The molecule has 1 aromatic rings. The lowest BCUT2D eigenvalue weighted by Gasteiger charge is -1.92. The number of hydrogen-bond donors (Lipinski definition) is 2. The Kier molecular flexibility index (Phi) is 4.13. The molecule has 1 aromatic heterocycles. The molecule has 6 heteroatoms. The van der Waals surface area contributed by atoms with Crippen molar-refractivity contribution in [2.24, 2.45) is 0 Å². The molecule has 0 fully saturated rings.